The van der Waals surface area contributed by atoms with Gasteiger partial charge >= 0.3 is 12.1 Å². The average Bonchev–Trinajstić information content (AvgIpc) is 2.84. The largest absolute Gasteiger partial charge is 0.464 e. The quantitative estimate of drug-likeness (QED) is 0.285. The van der Waals surface area contributed by atoms with Gasteiger partial charge in [0.05, 0.1) is 17.1 Å². The second-order valence-electron chi connectivity index (χ2n) is 8.36. The Hall–Kier alpha value is -3.24. The van der Waals surface area contributed by atoms with Crippen molar-refractivity contribution in [2.75, 3.05) is 11.4 Å². The van der Waals surface area contributed by atoms with Crippen molar-refractivity contribution in [3.63, 3.8) is 0 Å². The molecule has 0 saturated heterocycles. The fraction of sp³-hybridized carbons (Fsp3) is 0.304. The van der Waals surface area contributed by atoms with Gasteiger partial charge in [0.2, 0.25) is 15.9 Å². The van der Waals surface area contributed by atoms with Gasteiger partial charge in [0, 0.05) is 21.2 Å². The minimum Gasteiger partial charge on any atom is -0.464 e. The first-order valence-corrected chi connectivity index (χ1v) is 13.9. The van der Waals surface area contributed by atoms with E-state index in [-0.39, 0.29) is 22.2 Å². The van der Waals surface area contributed by atoms with E-state index in [1.54, 1.807) is 12.1 Å². The molecule has 2 atom stereocenters. The molecule has 1 fully saturated rings. The molecule has 37 heavy (non-hydrogen) atoms. The number of hydrogen-bond donors (Lipinski definition) is 5. The molecule has 2 aromatic carbocycles. The van der Waals surface area contributed by atoms with Gasteiger partial charge in [-0.05, 0) is 84.0 Å². The Morgan fingerprint density at radius 1 is 0.946 bits per heavy atom. The van der Waals surface area contributed by atoms with Crippen LogP contribution in [-0.4, -0.2) is 56.1 Å². The summed E-state index contributed by atoms with van der Waals surface area (Å²) in [6.07, 6.45) is 1.37. The number of imide groups is 1. The summed E-state index contributed by atoms with van der Waals surface area (Å²) in [4.78, 5) is 49.7. The van der Waals surface area contributed by atoms with E-state index in [2.05, 4.69) is 16.0 Å². The summed E-state index contributed by atoms with van der Waals surface area (Å²) < 4.78 is 23.7. The SMILES string of the molecule is NS(=O)(=O)c1ccc(C(=O)NC2CCCCC2NC(=O)CNC(=O)N(C(=O)O)c2ccc(I)cc2)cc1. The predicted molar refractivity (Wildman–Crippen MR) is 143 cm³/mol. The molecule has 0 spiro atoms. The Bertz CT molecular complexity index is 1270. The molecule has 6 N–H and O–H groups in total. The number of sulfonamides is 1. The molecule has 198 valence electrons. The third-order valence-electron chi connectivity index (χ3n) is 5.75. The fourth-order valence-electron chi connectivity index (χ4n) is 3.92. The van der Waals surface area contributed by atoms with Crippen LogP contribution in [0.15, 0.2) is 53.4 Å². The average molecular weight is 643 g/mol. The molecule has 0 aromatic heterocycles. The highest BCUT2D eigenvalue weighted by molar-refractivity contribution is 14.1. The summed E-state index contributed by atoms with van der Waals surface area (Å²) in [6.45, 7) is -0.459. The van der Waals surface area contributed by atoms with Crippen molar-refractivity contribution in [1.82, 2.24) is 16.0 Å². The number of carboxylic acid groups (broad SMARTS) is 1. The number of halogens is 1. The maximum Gasteiger partial charge on any atom is 0.420 e. The highest BCUT2D eigenvalue weighted by atomic mass is 127. The summed E-state index contributed by atoms with van der Waals surface area (Å²) >= 11 is 2.05. The topological polar surface area (TPSA) is 188 Å². The monoisotopic (exact) mass is 643 g/mol. The van der Waals surface area contributed by atoms with E-state index in [1.165, 1.54) is 36.4 Å². The Balaban J connectivity index is 1.57. The van der Waals surface area contributed by atoms with Crippen LogP contribution in [0, 0.1) is 3.57 Å². The van der Waals surface area contributed by atoms with Crippen LogP contribution in [0.3, 0.4) is 0 Å². The van der Waals surface area contributed by atoms with Gasteiger partial charge in [-0.25, -0.2) is 23.1 Å². The number of rotatable bonds is 7. The number of amides is 5. The summed E-state index contributed by atoms with van der Waals surface area (Å²) in [5.41, 5.74) is 0.373. The molecule has 1 aliphatic carbocycles. The number of nitrogens with two attached hydrogens (primary N) is 1. The second-order valence-corrected chi connectivity index (χ2v) is 11.2. The highest BCUT2D eigenvalue weighted by Crippen LogP contribution is 2.20. The van der Waals surface area contributed by atoms with Crippen molar-refractivity contribution in [2.24, 2.45) is 5.14 Å². The molecule has 1 saturated carbocycles. The van der Waals surface area contributed by atoms with Gasteiger partial charge in [-0.1, -0.05) is 12.8 Å². The van der Waals surface area contributed by atoms with E-state index < -0.39 is 46.5 Å². The number of hydrogen-bond acceptors (Lipinski definition) is 6. The number of nitrogens with zero attached hydrogens (tertiary/aromatic N) is 1. The molecule has 14 heteroatoms. The van der Waals surface area contributed by atoms with Crippen molar-refractivity contribution >= 4 is 62.2 Å². The third kappa shape index (κ3) is 7.87. The van der Waals surface area contributed by atoms with E-state index in [0.717, 1.165) is 16.4 Å². The van der Waals surface area contributed by atoms with Gasteiger partial charge < -0.3 is 21.1 Å². The van der Waals surface area contributed by atoms with Crippen molar-refractivity contribution in [2.45, 2.75) is 42.7 Å². The fourth-order valence-corrected chi connectivity index (χ4v) is 4.80. The molecule has 1 aliphatic rings. The minimum absolute atomic E-state index is 0.114. The number of carbonyl (C=O) groups is 4. The minimum atomic E-state index is -3.88. The molecular weight excluding hydrogens is 617 g/mol. The maximum atomic E-state index is 12.7. The van der Waals surface area contributed by atoms with Crippen LogP contribution in [0.2, 0.25) is 0 Å². The zero-order valence-corrected chi connectivity index (χ0v) is 22.5. The van der Waals surface area contributed by atoms with Crippen LogP contribution in [-0.2, 0) is 14.8 Å². The number of carbonyl (C=O) groups excluding carboxylic acids is 3. The lowest BCUT2D eigenvalue weighted by Crippen LogP contribution is -2.55. The number of anilines is 1. The van der Waals surface area contributed by atoms with E-state index in [0.29, 0.717) is 17.7 Å². The van der Waals surface area contributed by atoms with E-state index in [9.17, 15) is 32.7 Å². The smallest absolute Gasteiger partial charge is 0.420 e. The molecule has 0 bridgehead atoms. The van der Waals surface area contributed by atoms with Crippen LogP contribution < -0.4 is 26.0 Å². The summed E-state index contributed by atoms with van der Waals surface area (Å²) in [6, 6.07) is 9.68. The first-order chi connectivity index (χ1) is 17.5. The Morgan fingerprint density at radius 2 is 1.51 bits per heavy atom. The van der Waals surface area contributed by atoms with Gasteiger partial charge in [0.25, 0.3) is 5.91 Å². The van der Waals surface area contributed by atoms with Gasteiger partial charge in [-0.15, -0.1) is 0 Å². The first kappa shape index (κ1) is 28.3. The second kappa shape index (κ2) is 12.3. The zero-order chi connectivity index (χ0) is 27.2. The molecule has 2 unspecified atom stereocenters. The van der Waals surface area contributed by atoms with Gasteiger partial charge in [0.15, 0.2) is 0 Å². The molecular formula is C23H26IN5O7S. The maximum absolute atomic E-state index is 12.7. The van der Waals surface area contributed by atoms with Crippen molar-refractivity contribution in [3.05, 3.63) is 57.7 Å². The number of primary sulfonamides is 1. The van der Waals surface area contributed by atoms with Crippen molar-refractivity contribution in [3.8, 4) is 0 Å². The molecule has 3 rings (SSSR count). The molecule has 12 nitrogen and oxygen atoms in total. The molecule has 5 amide bonds. The third-order valence-corrected chi connectivity index (χ3v) is 7.40. The van der Waals surface area contributed by atoms with Gasteiger partial charge in [0.1, 0.15) is 0 Å². The molecule has 0 aliphatic heterocycles. The number of benzene rings is 2. The van der Waals surface area contributed by atoms with Crippen molar-refractivity contribution in [1.29, 1.82) is 0 Å². The van der Waals surface area contributed by atoms with Gasteiger partial charge in [-0.3, -0.25) is 9.59 Å². The summed E-state index contributed by atoms with van der Waals surface area (Å²) in [7, 11) is -3.88. The van der Waals surface area contributed by atoms with E-state index >= 15 is 0 Å². The number of nitrogens with one attached hydrogen (secondary N) is 3. The van der Waals surface area contributed by atoms with Crippen LogP contribution >= 0.6 is 22.6 Å². The standard InChI is InChI=1S/C23H26IN5O7S/c24-15-7-9-16(10-8-15)29(23(33)34)22(32)26-13-20(30)27-18-3-1-2-4-19(18)28-21(31)14-5-11-17(12-6-14)37(25,35)36/h5-12,18-19H,1-4,13H2,(H,26,32)(H,27,30)(H,28,31)(H,33,34)(H2,25,35,36). The van der Waals surface area contributed by atoms with E-state index in [4.69, 9.17) is 5.14 Å². The molecule has 0 heterocycles. The Morgan fingerprint density at radius 3 is 2.05 bits per heavy atom. The predicted octanol–water partition coefficient (Wildman–Crippen LogP) is 1.99. The van der Waals surface area contributed by atoms with Crippen LogP contribution in [0.5, 0.6) is 0 Å². The lowest BCUT2D eigenvalue weighted by Gasteiger charge is -2.33. The number of urea groups is 1. The zero-order valence-electron chi connectivity index (χ0n) is 19.5. The van der Waals surface area contributed by atoms with E-state index in [1.807, 2.05) is 22.6 Å². The Labute approximate surface area is 227 Å². The highest BCUT2D eigenvalue weighted by Gasteiger charge is 2.29. The Kier molecular flexibility index (Phi) is 9.45. The van der Waals surface area contributed by atoms with Crippen molar-refractivity contribution < 1.29 is 32.7 Å². The lowest BCUT2D eigenvalue weighted by molar-refractivity contribution is -0.121. The lowest BCUT2D eigenvalue weighted by atomic mass is 9.90. The summed E-state index contributed by atoms with van der Waals surface area (Å²) in [5.74, 6) is -0.972. The van der Waals surface area contributed by atoms with Crippen LogP contribution in [0.25, 0.3) is 0 Å². The van der Waals surface area contributed by atoms with Crippen LogP contribution in [0.4, 0.5) is 15.3 Å². The van der Waals surface area contributed by atoms with Crippen LogP contribution in [0.1, 0.15) is 36.0 Å². The molecule has 0 radical (unpaired) electrons. The first-order valence-electron chi connectivity index (χ1n) is 11.3. The normalized spacial score (nSPS) is 17.4. The summed E-state index contributed by atoms with van der Waals surface area (Å²) in [5, 5.41) is 22.5. The molecule has 2 aromatic rings. The van der Waals surface area contributed by atoms with Gasteiger partial charge in [-0.2, -0.15) is 4.90 Å².